The van der Waals surface area contributed by atoms with Crippen LogP contribution < -0.4 is 5.32 Å². The molecule has 3 nitrogen and oxygen atoms in total. The van der Waals surface area contributed by atoms with E-state index in [-0.39, 0.29) is 5.91 Å². The maximum absolute atomic E-state index is 12.1. The average Bonchev–Trinajstić information content (AvgIpc) is 3.02. The SMILES string of the molecule is Cc1nc(-c2ccc(CCNC(=O)c3ccccc3Cl)cc2)cs1. The first-order valence-electron chi connectivity index (χ1n) is 7.67. The standard InChI is InChI=1S/C19H17ClN2OS/c1-13-22-18(12-24-13)15-8-6-14(7-9-15)10-11-21-19(23)16-4-2-3-5-17(16)20/h2-9,12H,10-11H2,1H3,(H,21,23). The predicted molar refractivity (Wildman–Crippen MR) is 99.8 cm³/mol. The van der Waals surface area contributed by atoms with E-state index in [0.29, 0.717) is 17.1 Å². The van der Waals surface area contributed by atoms with Crippen molar-refractivity contribution in [3.8, 4) is 11.3 Å². The first-order chi connectivity index (χ1) is 11.6. The van der Waals surface area contributed by atoms with Crippen molar-refractivity contribution < 1.29 is 4.79 Å². The highest BCUT2D eigenvalue weighted by molar-refractivity contribution is 7.09. The van der Waals surface area contributed by atoms with Gasteiger partial charge in [0.05, 0.1) is 21.3 Å². The molecule has 3 rings (SSSR count). The first kappa shape index (κ1) is 16.7. The van der Waals surface area contributed by atoms with Crippen molar-refractivity contribution in [2.45, 2.75) is 13.3 Å². The zero-order chi connectivity index (χ0) is 16.9. The minimum atomic E-state index is -0.143. The van der Waals surface area contributed by atoms with Gasteiger partial charge in [0.25, 0.3) is 5.91 Å². The summed E-state index contributed by atoms with van der Waals surface area (Å²) < 4.78 is 0. The molecule has 5 heteroatoms. The van der Waals surface area contributed by atoms with Gasteiger partial charge in [-0.05, 0) is 31.0 Å². The number of benzene rings is 2. The highest BCUT2D eigenvalue weighted by Crippen LogP contribution is 2.22. The Morgan fingerprint density at radius 2 is 1.92 bits per heavy atom. The minimum absolute atomic E-state index is 0.143. The molecular formula is C19H17ClN2OS. The van der Waals surface area contributed by atoms with Gasteiger partial charge in [0.2, 0.25) is 0 Å². The van der Waals surface area contributed by atoms with Gasteiger partial charge >= 0.3 is 0 Å². The number of hydrogen-bond donors (Lipinski definition) is 1. The summed E-state index contributed by atoms with van der Waals surface area (Å²) in [4.78, 5) is 16.6. The second-order valence-corrected chi connectivity index (χ2v) is 6.90. The number of aromatic nitrogens is 1. The fraction of sp³-hybridized carbons (Fsp3) is 0.158. The van der Waals surface area contributed by atoms with Gasteiger partial charge in [-0.3, -0.25) is 4.79 Å². The van der Waals surface area contributed by atoms with E-state index in [0.717, 1.165) is 22.7 Å². The molecule has 1 aromatic heterocycles. The van der Waals surface area contributed by atoms with Crippen molar-refractivity contribution in [3.05, 3.63) is 75.1 Å². The predicted octanol–water partition coefficient (Wildman–Crippen LogP) is 4.74. The van der Waals surface area contributed by atoms with Crippen LogP contribution in [0.3, 0.4) is 0 Å². The van der Waals surface area contributed by atoms with Gasteiger partial charge in [-0.15, -0.1) is 11.3 Å². The fourth-order valence-corrected chi connectivity index (χ4v) is 3.24. The topological polar surface area (TPSA) is 42.0 Å². The van der Waals surface area contributed by atoms with Crippen LogP contribution in [0.2, 0.25) is 5.02 Å². The fourth-order valence-electron chi connectivity index (χ4n) is 2.40. The van der Waals surface area contributed by atoms with Gasteiger partial charge in [0.15, 0.2) is 0 Å². The van der Waals surface area contributed by atoms with Crippen LogP contribution in [0, 0.1) is 6.92 Å². The van der Waals surface area contributed by atoms with Gasteiger partial charge in [-0.1, -0.05) is 48.0 Å². The Balaban J connectivity index is 1.55. The number of nitrogens with one attached hydrogen (secondary N) is 1. The second kappa shape index (κ2) is 7.60. The Hall–Kier alpha value is -2.17. The lowest BCUT2D eigenvalue weighted by molar-refractivity contribution is 0.0954. The van der Waals surface area contributed by atoms with Crippen LogP contribution in [0.15, 0.2) is 53.9 Å². The van der Waals surface area contributed by atoms with Gasteiger partial charge in [-0.2, -0.15) is 0 Å². The van der Waals surface area contributed by atoms with E-state index in [9.17, 15) is 4.79 Å². The molecule has 0 fully saturated rings. The third-order valence-electron chi connectivity index (χ3n) is 3.69. The van der Waals surface area contributed by atoms with Crippen LogP contribution >= 0.6 is 22.9 Å². The lowest BCUT2D eigenvalue weighted by atomic mass is 10.1. The summed E-state index contributed by atoms with van der Waals surface area (Å²) in [5.41, 5.74) is 3.80. The first-order valence-corrected chi connectivity index (χ1v) is 8.93. The summed E-state index contributed by atoms with van der Waals surface area (Å²) in [6.45, 7) is 2.57. The highest BCUT2D eigenvalue weighted by Gasteiger charge is 2.08. The Bertz CT molecular complexity index is 843. The maximum Gasteiger partial charge on any atom is 0.252 e. The van der Waals surface area contributed by atoms with Crippen molar-refractivity contribution in [1.29, 1.82) is 0 Å². The van der Waals surface area contributed by atoms with Crippen LogP contribution in [-0.2, 0) is 6.42 Å². The molecule has 2 aromatic carbocycles. The van der Waals surface area contributed by atoms with Crippen LogP contribution in [-0.4, -0.2) is 17.4 Å². The molecule has 0 saturated carbocycles. The van der Waals surface area contributed by atoms with E-state index >= 15 is 0 Å². The largest absolute Gasteiger partial charge is 0.352 e. The Morgan fingerprint density at radius 1 is 1.17 bits per heavy atom. The van der Waals surface area contributed by atoms with E-state index in [1.54, 1.807) is 29.5 Å². The summed E-state index contributed by atoms with van der Waals surface area (Å²) in [6.07, 6.45) is 0.770. The summed E-state index contributed by atoms with van der Waals surface area (Å²) in [7, 11) is 0. The van der Waals surface area contributed by atoms with Crippen molar-refractivity contribution in [2.24, 2.45) is 0 Å². The zero-order valence-corrected chi connectivity index (χ0v) is 14.8. The highest BCUT2D eigenvalue weighted by atomic mass is 35.5. The number of carbonyl (C=O) groups is 1. The molecule has 0 unspecified atom stereocenters. The molecular weight excluding hydrogens is 340 g/mol. The molecule has 0 radical (unpaired) electrons. The maximum atomic E-state index is 12.1. The van der Waals surface area contributed by atoms with E-state index in [4.69, 9.17) is 11.6 Å². The smallest absolute Gasteiger partial charge is 0.252 e. The van der Waals surface area contributed by atoms with Gasteiger partial charge < -0.3 is 5.32 Å². The minimum Gasteiger partial charge on any atom is -0.352 e. The molecule has 0 atom stereocenters. The van der Waals surface area contributed by atoms with E-state index < -0.39 is 0 Å². The third kappa shape index (κ3) is 4.02. The molecule has 1 heterocycles. The molecule has 122 valence electrons. The van der Waals surface area contributed by atoms with Crippen molar-refractivity contribution in [1.82, 2.24) is 10.3 Å². The molecule has 0 aliphatic rings. The van der Waals surface area contributed by atoms with Gasteiger partial charge in [-0.25, -0.2) is 4.98 Å². The van der Waals surface area contributed by atoms with Crippen molar-refractivity contribution in [3.63, 3.8) is 0 Å². The van der Waals surface area contributed by atoms with E-state index in [1.807, 2.05) is 13.0 Å². The quantitative estimate of drug-likeness (QED) is 0.717. The number of thiazole rings is 1. The molecule has 0 saturated heterocycles. The number of aryl methyl sites for hydroxylation is 1. The molecule has 24 heavy (non-hydrogen) atoms. The Labute approximate surface area is 150 Å². The van der Waals surface area contributed by atoms with Gasteiger partial charge in [0, 0.05) is 17.5 Å². The summed E-state index contributed by atoms with van der Waals surface area (Å²) in [5.74, 6) is -0.143. The summed E-state index contributed by atoms with van der Waals surface area (Å²) in [5, 5.41) is 6.50. The number of amides is 1. The Kier molecular flexibility index (Phi) is 5.28. The molecule has 1 amide bonds. The third-order valence-corrected chi connectivity index (χ3v) is 4.79. The Morgan fingerprint density at radius 3 is 2.58 bits per heavy atom. The van der Waals surface area contributed by atoms with Crippen molar-refractivity contribution in [2.75, 3.05) is 6.54 Å². The van der Waals surface area contributed by atoms with Crippen LogP contribution in [0.25, 0.3) is 11.3 Å². The number of nitrogens with zero attached hydrogens (tertiary/aromatic N) is 1. The van der Waals surface area contributed by atoms with E-state index in [1.165, 1.54) is 5.56 Å². The van der Waals surface area contributed by atoms with Gasteiger partial charge in [0.1, 0.15) is 0 Å². The molecule has 0 bridgehead atoms. The van der Waals surface area contributed by atoms with Crippen LogP contribution in [0.4, 0.5) is 0 Å². The zero-order valence-electron chi connectivity index (χ0n) is 13.3. The van der Waals surface area contributed by atoms with E-state index in [2.05, 4.69) is 39.9 Å². The molecule has 1 N–H and O–H groups in total. The average molecular weight is 357 g/mol. The molecule has 0 spiro atoms. The number of rotatable bonds is 5. The normalized spacial score (nSPS) is 10.6. The summed E-state index contributed by atoms with van der Waals surface area (Å²) in [6, 6.07) is 15.3. The number of hydrogen-bond acceptors (Lipinski definition) is 3. The molecule has 0 aliphatic heterocycles. The lowest BCUT2D eigenvalue weighted by Gasteiger charge is -2.07. The number of carbonyl (C=O) groups excluding carboxylic acids is 1. The summed E-state index contributed by atoms with van der Waals surface area (Å²) >= 11 is 7.68. The monoisotopic (exact) mass is 356 g/mol. The van der Waals surface area contributed by atoms with Crippen molar-refractivity contribution >= 4 is 28.8 Å². The van der Waals surface area contributed by atoms with Crippen LogP contribution in [0.1, 0.15) is 20.9 Å². The molecule has 3 aromatic rings. The second-order valence-electron chi connectivity index (χ2n) is 5.43. The lowest BCUT2D eigenvalue weighted by Crippen LogP contribution is -2.25. The number of halogens is 1. The molecule has 0 aliphatic carbocycles. The van der Waals surface area contributed by atoms with Crippen LogP contribution in [0.5, 0.6) is 0 Å².